The Morgan fingerprint density at radius 1 is 1.24 bits per heavy atom. The van der Waals surface area contributed by atoms with Gasteiger partial charge in [-0.05, 0) is 56.1 Å². The van der Waals surface area contributed by atoms with Crippen LogP contribution in [-0.2, 0) is 11.3 Å². The van der Waals surface area contributed by atoms with Crippen molar-refractivity contribution in [3.63, 3.8) is 0 Å². The van der Waals surface area contributed by atoms with Gasteiger partial charge in [-0.2, -0.15) is 0 Å². The van der Waals surface area contributed by atoms with E-state index in [1.807, 2.05) is 0 Å². The third-order valence-corrected chi connectivity index (χ3v) is 5.22. The molecular weight excluding hydrogens is 314 g/mol. The van der Waals surface area contributed by atoms with Crippen LogP contribution in [0.4, 0.5) is 0 Å². The zero-order valence-electron chi connectivity index (χ0n) is 15.1. The maximum absolute atomic E-state index is 11.2. The molecule has 1 saturated heterocycles. The summed E-state index contributed by atoms with van der Waals surface area (Å²) in [6.45, 7) is 6.67. The normalized spacial score (nSPS) is 17.5. The summed E-state index contributed by atoms with van der Waals surface area (Å²) in [5.74, 6) is 0.0959. The van der Waals surface area contributed by atoms with Gasteiger partial charge in [0.15, 0.2) is 0 Å². The molecule has 2 aromatic carbocycles. The molecule has 1 N–H and O–H groups in total. The zero-order chi connectivity index (χ0) is 17.8. The van der Waals surface area contributed by atoms with E-state index < -0.39 is 5.97 Å². The molecule has 0 amide bonds. The third kappa shape index (κ3) is 4.13. The fraction of sp³-hybridized carbons (Fsp3) is 0.476. The minimum Gasteiger partial charge on any atom is -0.490 e. The van der Waals surface area contributed by atoms with Crippen LogP contribution in [0, 0.1) is 5.92 Å². The number of carbonyl (C=O) groups is 1. The molecule has 1 aliphatic rings. The molecule has 0 spiro atoms. The van der Waals surface area contributed by atoms with E-state index in [0.29, 0.717) is 0 Å². The van der Waals surface area contributed by atoms with E-state index in [2.05, 4.69) is 55.1 Å². The van der Waals surface area contributed by atoms with Gasteiger partial charge in [-0.15, -0.1) is 0 Å². The Kier molecular flexibility index (Phi) is 5.59. The number of hydrogen-bond donors (Lipinski definition) is 1. The van der Waals surface area contributed by atoms with Gasteiger partial charge >= 0.3 is 5.97 Å². The molecule has 1 heterocycles. The number of fused-ring (bicyclic) bond motifs is 1. The number of piperidine rings is 1. The number of nitrogens with zero attached hydrogens (tertiary/aromatic N) is 1. The number of carboxylic acids is 1. The summed E-state index contributed by atoms with van der Waals surface area (Å²) in [6.07, 6.45) is 2.59. The third-order valence-electron chi connectivity index (χ3n) is 5.22. The second-order valence-electron chi connectivity index (χ2n) is 6.99. The molecule has 1 atom stereocenters. The van der Waals surface area contributed by atoms with Gasteiger partial charge in [0.1, 0.15) is 5.75 Å². The van der Waals surface area contributed by atoms with Crippen LogP contribution in [0.2, 0.25) is 0 Å². The first kappa shape index (κ1) is 17.7. The molecule has 0 saturated carbocycles. The minimum absolute atomic E-state index is 0.178. The van der Waals surface area contributed by atoms with Crippen molar-refractivity contribution >= 4 is 16.7 Å². The lowest BCUT2D eigenvalue weighted by Crippen LogP contribution is -2.36. The summed E-state index contributed by atoms with van der Waals surface area (Å²) >= 11 is 0. The van der Waals surface area contributed by atoms with Crippen molar-refractivity contribution in [1.29, 1.82) is 0 Å². The van der Waals surface area contributed by atoms with Gasteiger partial charge < -0.3 is 9.84 Å². The van der Waals surface area contributed by atoms with Crippen molar-refractivity contribution in [3.05, 3.63) is 42.0 Å². The van der Waals surface area contributed by atoms with E-state index in [1.54, 1.807) is 0 Å². The predicted molar refractivity (Wildman–Crippen MR) is 100.0 cm³/mol. The first-order chi connectivity index (χ1) is 12.1. The highest BCUT2D eigenvalue weighted by atomic mass is 16.5. The van der Waals surface area contributed by atoms with E-state index in [4.69, 9.17) is 4.74 Å². The fourth-order valence-corrected chi connectivity index (χ4v) is 3.45. The monoisotopic (exact) mass is 341 g/mol. The molecule has 0 aromatic heterocycles. The van der Waals surface area contributed by atoms with Gasteiger partial charge in [0, 0.05) is 12.1 Å². The molecule has 0 bridgehead atoms. The van der Waals surface area contributed by atoms with Gasteiger partial charge in [0.25, 0.3) is 0 Å². The highest BCUT2D eigenvalue weighted by Gasteiger charge is 2.25. The van der Waals surface area contributed by atoms with Crippen LogP contribution in [-0.4, -0.2) is 35.2 Å². The van der Waals surface area contributed by atoms with E-state index in [0.717, 1.165) is 44.6 Å². The second-order valence-corrected chi connectivity index (χ2v) is 6.99. The molecular formula is C21H27NO3. The Hall–Kier alpha value is -2.07. The number of aliphatic carboxylic acids is 1. The van der Waals surface area contributed by atoms with Crippen molar-refractivity contribution in [2.24, 2.45) is 5.92 Å². The number of carboxylic acid groups (broad SMARTS) is 1. The molecule has 4 nitrogen and oxygen atoms in total. The van der Waals surface area contributed by atoms with E-state index in [1.165, 1.54) is 16.3 Å². The maximum atomic E-state index is 11.2. The Bertz CT molecular complexity index is 735. The summed E-state index contributed by atoms with van der Waals surface area (Å²) in [4.78, 5) is 13.5. The van der Waals surface area contributed by atoms with Crippen molar-refractivity contribution in [2.45, 2.75) is 45.8 Å². The van der Waals surface area contributed by atoms with Crippen molar-refractivity contribution in [1.82, 2.24) is 4.90 Å². The molecule has 0 aliphatic carbocycles. The number of likely N-dealkylation sites (tertiary alicyclic amines) is 1. The van der Waals surface area contributed by atoms with Crippen LogP contribution in [0.3, 0.4) is 0 Å². The highest BCUT2D eigenvalue weighted by molar-refractivity contribution is 5.87. The Labute approximate surface area is 149 Å². The molecule has 1 unspecified atom stereocenters. The van der Waals surface area contributed by atoms with Crippen LogP contribution in [0.15, 0.2) is 36.4 Å². The van der Waals surface area contributed by atoms with Crippen molar-refractivity contribution in [3.8, 4) is 5.75 Å². The summed E-state index contributed by atoms with van der Waals surface area (Å²) in [5.41, 5.74) is 1.21. The fourth-order valence-electron chi connectivity index (χ4n) is 3.45. The smallest absolute Gasteiger partial charge is 0.306 e. The predicted octanol–water partition coefficient (Wildman–Crippen LogP) is 4.31. The van der Waals surface area contributed by atoms with Gasteiger partial charge in [-0.3, -0.25) is 9.69 Å². The van der Waals surface area contributed by atoms with E-state index in [-0.39, 0.29) is 12.0 Å². The van der Waals surface area contributed by atoms with Crippen LogP contribution < -0.4 is 4.74 Å². The van der Waals surface area contributed by atoms with Gasteiger partial charge in [-0.1, -0.05) is 37.3 Å². The zero-order valence-corrected chi connectivity index (χ0v) is 15.1. The standard InChI is InChI=1S/C21H27NO3/c1-3-15(2)25-20-9-8-16-6-4-5-7-18(16)19(20)14-22-12-10-17(11-13-22)21(23)24/h4-9,15,17H,3,10-14H2,1-2H3,(H,23,24). The van der Waals surface area contributed by atoms with Gasteiger partial charge in [-0.25, -0.2) is 0 Å². The van der Waals surface area contributed by atoms with Crippen molar-refractivity contribution in [2.75, 3.05) is 13.1 Å². The molecule has 4 heteroatoms. The quantitative estimate of drug-likeness (QED) is 0.850. The summed E-state index contributed by atoms with van der Waals surface area (Å²) in [5, 5.41) is 11.6. The first-order valence-corrected chi connectivity index (χ1v) is 9.21. The Balaban J connectivity index is 1.85. The summed E-state index contributed by atoms with van der Waals surface area (Å²) in [7, 11) is 0. The average Bonchev–Trinajstić information content (AvgIpc) is 2.64. The molecule has 0 radical (unpaired) electrons. The lowest BCUT2D eigenvalue weighted by atomic mass is 9.96. The molecule has 25 heavy (non-hydrogen) atoms. The molecule has 3 rings (SSSR count). The molecule has 2 aromatic rings. The van der Waals surface area contributed by atoms with Crippen LogP contribution in [0.5, 0.6) is 5.75 Å². The number of hydrogen-bond acceptors (Lipinski definition) is 3. The SMILES string of the molecule is CCC(C)Oc1ccc2ccccc2c1CN1CCC(C(=O)O)CC1. The lowest BCUT2D eigenvalue weighted by molar-refractivity contribution is -0.143. The lowest BCUT2D eigenvalue weighted by Gasteiger charge is -2.31. The Morgan fingerprint density at radius 3 is 2.64 bits per heavy atom. The molecule has 1 aliphatic heterocycles. The second kappa shape index (κ2) is 7.87. The largest absolute Gasteiger partial charge is 0.490 e. The number of ether oxygens (including phenoxy) is 1. The van der Waals surface area contributed by atoms with E-state index >= 15 is 0 Å². The average molecular weight is 341 g/mol. The van der Waals surface area contributed by atoms with Crippen LogP contribution in [0.1, 0.15) is 38.7 Å². The summed E-state index contributed by atoms with van der Waals surface area (Å²) < 4.78 is 6.18. The molecule has 134 valence electrons. The Morgan fingerprint density at radius 2 is 1.96 bits per heavy atom. The number of benzene rings is 2. The van der Waals surface area contributed by atoms with Gasteiger partial charge in [0.2, 0.25) is 0 Å². The highest BCUT2D eigenvalue weighted by Crippen LogP contribution is 2.31. The van der Waals surface area contributed by atoms with Crippen LogP contribution in [0.25, 0.3) is 10.8 Å². The topological polar surface area (TPSA) is 49.8 Å². The maximum Gasteiger partial charge on any atom is 0.306 e. The van der Waals surface area contributed by atoms with Gasteiger partial charge in [0.05, 0.1) is 12.0 Å². The first-order valence-electron chi connectivity index (χ1n) is 9.21. The summed E-state index contributed by atoms with van der Waals surface area (Å²) in [6, 6.07) is 12.6. The van der Waals surface area contributed by atoms with E-state index in [9.17, 15) is 9.90 Å². The van der Waals surface area contributed by atoms with Crippen LogP contribution >= 0.6 is 0 Å². The van der Waals surface area contributed by atoms with Crippen molar-refractivity contribution < 1.29 is 14.6 Å². The minimum atomic E-state index is -0.661. The number of rotatable bonds is 6. The molecule has 1 fully saturated rings.